The molecule has 1 atom stereocenters. The van der Waals surface area contributed by atoms with Gasteiger partial charge in [-0.1, -0.05) is 30.3 Å². The lowest BCUT2D eigenvalue weighted by molar-refractivity contribution is -0.120. The molecule has 0 bridgehead atoms. The highest BCUT2D eigenvalue weighted by atomic mass is 32.2. The zero-order chi connectivity index (χ0) is 18.6. The maximum Gasteiger partial charge on any atom is 0.252 e. The second-order valence-corrected chi connectivity index (χ2v) is 9.66. The average molecular weight is 394 g/mol. The van der Waals surface area contributed by atoms with Crippen LogP contribution in [-0.4, -0.2) is 38.3 Å². The Morgan fingerprint density at radius 3 is 2.54 bits per heavy atom. The van der Waals surface area contributed by atoms with Crippen molar-refractivity contribution in [2.24, 2.45) is 5.73 Å². The quantitative estimate of drug-likeness (QED) is 0.751. The summed E-state index contributed by atoms with van der Waals surface area (Å²) in [6.45, 7) is 1.49. The molecule has 1 saturated heterocycles. The van der Waals surface area contributed by atoms with Gasteiger partial charge in [0.05, 0.1) is 6.42 Å². The van der Waals surface area contributed by atoms with Crippen LogP contribution in [0.15, 0.2) is 46.7 Å². The fourth-order valence-electron chi connectivity index (χ4n) is 2.91. The summed E-state index contributed by atoms with van der Waals surface area (Å²) in [6.07, 6.45) is 1.96. The number of carbonyl (C=O) groups excluding carboxylic acids is 1. The SMILES string of the molecule is NC(CNC(=O)Cc1ccc(S(=O)(=O)N2CCCC2)s1)c1ccccc1. The molecule has 8 heteroatoms. The zero-order valence-electron chi connectivity index (χ0n) is 14.4. The van der Waals surface area contributed by atoms with Crippen LogP contribution in [0.5, 0.6) is 0 Å². The van der Waals surface area contributed by atoms with E-state index in [1.54, 1.807) is 12.1 Å². The van der Waals surface area contributed by atoms with E-state index < -0.39 is 10.0 Å². The van der Waals surface area contributed by atoms with Gasteiger partial charge in [0.2, 0.25) is 5.91 Å². The molecule has 3 N–H and O–H groups in total. The van der Waals surface area contributed by atoms with Crippen molar-refractivity contribution in [3.05, 3.63) is 52.9 Å². The Balaban J connectivity index is 1.54. The minimum atomic E-state index is -3.42. The third-order valence-electron chi connectivity index (χ3n) is 4.38. The summed E-state index contributed by atoms with van der Waals surface area (Å²) >= 11 is 1.16. The number of hydrogen-bond acceptors (Lipinski definition) is 5. The van der Waals surface area contributed by atoms with Crippen LogP contribution >= 0.6 is 11.3 Å². The first kappa shape index (κ1) is 19.0. The van der Waals surface area contributed by atoms with Crippen LogP contribution in [0, 0.1) is 0 Å². The Morgan fingerprint density at radius 1 is 1.15 bits per heavy atom. The van der Waals surface area contributed by atoms with Crippen molar-refractivity contribution in [1.82, 2.24) is 9.62 Å². The van der Waals surface area contributed by atoms with Crippen LogP contribution < -0.4 is 11.1 Å². The van der Waals surface area contributed by atoms with Crippen LogP contribution in [0.25, 0.3) is 0 Å². The topological polar surface area (TPSA) is 92.5 Å². The van der Waals surface area contributed by atoms with E-state index in [0.717, 1.165) is 34.6 Å². The summed E-state index contributed by atoms with van der Waals surface area (Å²) in [5, 5.41) is 2.82. The number of sulfonamides is 1. The fourth-order valence-corrected chi connectivity index (χ4v) is 5.94. The maximum atomic E-state index is 12.5. The molecule has 0 radical (unpaired) electrons. The van der Waals surface area contributed by atoms with Gasteiger partial charge in [-0.15, -0.1) is 11.3 Å². The van der Waals surface area contributed by atoms with Gasteiger partial charge >= 0.3 is 0 Å². The van der Waals surface area contributed by atoms with Gasteiger partial charge < -0.3 is 11.1 Å². The van der Waals surface area contributed by atoms with Crippen LogP contribution in [-0.2, 0) is 21.2 Å². The second-order valence-electron chi connectivity index (χ2n) is 6.33. The maximum absolute atomic E-state index is 12.5. The van der Waals surface area contributed by atoms with Crippen LogP contribution in [0.3, 0.4) is 0 Å². The average Bonchev–Trinajstić information content (AvgIpc) is 3.33. The second kappa shape index (κ2) is 8.30. The summed E-state index contributed by atoms with van der Waals surface area (Å²) < 4.78 is 26.9. The number of nitrogens with two attached hydrogens (primary N) is 1. The molecule has 140 valence electrons. The molecule has 3 rings (SSSR count). The lowest BCUT2D eigenvalue weighted by Gasteiger charge is -2.13. The Bertz CT molecular complexity index is 844. The number of rotatable bonds is 7. The molecule has 0 spiro atoms. The molecule has 6 nitrogen and oxygen atoms in total. The van der Waals surface area contributed by atoms with Gasteiger partial charge in [-0.3, -0.25) is 4.79 Å². The standard InChI is InChI=1S/C18H23N3O3S2/c19-16(14-6-2-1-3-7-14)13-20-17(22)12-15-8-9-18(25-15)26(23,24)21-10-4-5-11-21/h1-3,6-9,16H,4-5,10-13,19H2,(H,20,22). The first-order valence-corrected chi connectivity index (χ1v) is 10.9. The lowest BCUT2D eigenvalue weighted by Crippen LogP contribution is -2.32. The number of hydrogen-bond donors (Lipinski definition) is 2. The number of carbonyl (C=O) groups is 1. The molecule has 1 aliphatic heterocycles. The lowest BCUT2D eigenvalue weighted by atomic mass is 10.1. The molecule has 1 aromatic heterocycles. The number of benzene rings is 1. The van der Waals surface area contributed by atoms with Gasteiger partial charge in [-0.05, 0) is 30.5 Å². The fraction of sp³-hybridized carbons (Fsp3) is 0.389. The molecule has 1 fully saturated rings. The van der Waals surface area contributed by atoms with E-state index in [0.29, 0.717) is 23.8 Å². The van der Waals surface area contributed by atoms with E-state index in [9.17, 15) is 13.2 Å². The molecule has 1 aromatic carbocycles. The normalized spacial score (nSPS) is 16.5. The third-order valence-corrected chi connectivity index (χ3v) is 7.83. The molecule has 1 amide bonds. The Hall–Kier alpha value is -1.74. The third kappa shape index (κ3) is 4.50. The number of amides is 1. The van der Waals surface area contributed by atoms with Crippen LogP contribution in [0.1, 0.15) is 29.3 Å². The van der Waals surface area contributed by atoms with Gasteiger partial charge in [0.25, 0.3) is 10.0 Å². The number of thiophene rings is 1. The van der Waals surface area contributed by atoms with E-state index in [2.05, 4.69) is 5.32 Å². The summed E-state index contributed by atoms with van der Waals surface area (Å²) in [5.74, 6) is -0.164. The smallest absolute Gasteiger partial charge is 0.252 e. The van der Waals surface area contributed by atoms with Gasteiger partial charge in [-0.25, -0.2) is 8.42 Å². The zero-order valence-corrected chi connectivity index (χ0v) is 16.1. The predicted molar refractivity (Wildman–Crippen MR) is 102 cm³/mol. The summed E-state index contributed by atoms with van der Waals surface area (Å²) in [6, 6.07) is 12.6. The summed E-state index contributed by atoms with van der Waals surface area (Å²) in [4.78, 5) is 12.9. The van der Waals surface area contributed by atoms with E-state index in [1.165, 1.54) is 4.31 Å². The molecule has 0 aliphatic carbocycles. The van der Waals surface area contributed by atoms with E-state index in [1.807, 2.05) is 30.3 Å². The summed E-state index contributed by atoms with van der Waals surface area (Å²) in [7, 11) is -3.42. The van der Waals surface area contributed by atoms with Crippen molar-refractivity contribution in [2.75, 3.05) is 19.6 Å². The highest BCUT2D eigenvalue weighted by Crippen LogP contribution is 2.27. The number of nitrogens with one attached hydrogen (secondary N) is 1. The number of nitrogens with zero attached hydrogens (tertiary/aromatic N) is 1. The Kier molecular flexibility index (Phi) is 6.08. The van der Waals surface area contributed by atoms with E-state index >= 15 is 0 Å². The van der Waals surface area contributed by atoms with Crippen molar-refractivity contribution in [1.29, 1.82) is 0 Å². The highest BCUT2D eigenvalue weighted by Gasteiger charge is 2.28. The molecule has 0 saturated carbocycles. The molecular formula is C18H23N3O3S2. The highest BCUT2D eigenvalue weighted by molar-refractivity contribution is 7.91. The minimum absolute atomic E-state index is 0.154. The Labute approximate surface area is 158 Å². The van der Waals surface area contributed by atoms with Crippen LogP contribution in [0.2, 0.25) is 0 Å². The monoisotopic (exact) mass is 393 g/mol. The molecule has 2 heterocycles. The van der Waals surface area contributed by atoms with E-state index in [-0.39, 0.29) is 18.4 Å². The van der Waals surface area contributed by atoms with Crippen LogP contribution in [0.4, 0.5) is 0 Å². The minimum Gasteiger partial charge on any atom is -0.354 e. The molecular weight excluding hydrogens is 370 g/mol. The van der Waals surface area contributed by atoms with Crippen molar-refractivity contribution < 1.29 is 13.2 Å². The van der Waals surface area contributed by atoms with Gasteiger partial charge in [0.15, 0.2) is 0 Å². The molecule has 1 unspecified atom stereocenters. The molecule has 2 aromatic rings. The molecule has 26 heavy (non-hydrogen) atoms. The van der Waals surface area contributed by atoms with Gasteiger partial charge in [0, 0.05) is 30.6 Å². The van der Waals surface area contributed by atoms with E-state index in [4.69, 9.17) is 5.73 Å². The first-order valence-electron chi connectivity index (χ1n) is 8.63. The van der Waals surface area contributed by atoms with Crippen molar-refractivity contribution >= 4 is 27.3 Å². The van der Waals surface area contributed by atoms with Crippen molar-refractivity contribution in [3.63, 3.8) is 0 Å². The molecule has 1 aliphatic rings. The first-order chi connectivity index (χ1) is 12.5. The summed E-state index contributed by atoms with van der Waals surface area (Å²) in [5.41, 5.74) is 7.03. The largest absolute Gasteiger partial charge is 0.354 e. The Morgan fingerprint density at radius 2 is 1.85 bits per heavy atom. The predicted octanol–water partition coefficient (Wildman–Crippen LogP) is 1.89. The van der Waals surface area contributed by atoms with Crippen molar-refractivity contribution in [2.45, 2.75) is 29.5 Å². The van der Waals surface area contributed by atoms with Gasteiger partial charge in [-0.2, -0.15) is 4.31 Å². The van der Waals surface area contributed by atoms with Gasteiger partial charge in [0.1, 0.15) is 4.21 Å². The van der Waals surface area contributed by atoms with Crippen molar-refractivity contribution in [3.8, 4) is 0 Å².